The van der Waals surface area contributed by atoms with Crippen LogP contribution in [0.5, 0.6) is 0 Å². The van der Waals surface area contributed by atoms with Crippen molar-refractivity contribution in [3.05, 3.63) is 24.2 Å². The minimum atomic E-state index is -3.43. The molecule has 1 aliphatic rings. The molecule has 2 rings (SSSR count). The smallest absolute Gasteiger partial charge is 0.235 e. The van der Waals surface area contributed by atoms with Crippen LogP contribution in [-0.4, -0.2) is 26.1 Å². The molecule has 0 bridgehead atoms. The zero-order valence-corrected chi connectivity index (χ0v) is 13.9. The van der Waals surface area contributed by atoms with E-state index >= 15 is 0 Å². The van der Waals surface area contributed by atoms with Gasteiger partial charge >= 0.3 is 0 Å². The number of hydrogen-bond acceptors (Lipinski definition) is 4. The van der Waals surface area contributed by atoms with Crippen molar-refractivity contribution in [3.63, 3.8) is 0 Å². The topological polar surface area (TPSA) is 88.4 Å². The number of rotatable bonds is 6. The van der Waals surface area contributed by atoms with E-state index in [-0.39, 0.29) is 24.4 Å². The quantitative estimate of drug-likeness (QED) is 0.833. The molecule has 0 radical (unpaired) electrons. The lowest BCUT2D eigenvalue weighted by Gasteiger charge is -2.33. The maximum absolute atomic E-state index is 12.2. The summed E-state index contributed by atoms with van der Waals surface area (Å²) in [6.45, 7) is 4.34. The fraction of sp³-hybridized carbons (Fsp3) is 0.667. The lowest BCUT2D eigenvalue weighted by atomic mass is 9.77. The molecule has 1 saturated carbocycles. The second-order valence-corrected chi connectivity index (χ2v) is 8.63. The number of hydrogen-bond donors (Lipinski definition) is 2. The summed E-state index contributed by atoms with van der Waals surface area (Å²) in [5, 5.41) is 2.22. The van der Waals surface area contributed by atoms with Crippen LogP contribution in [0.15, 0.2) is 22.8 Å². The molecule has 1 amide bonds. The highest BCUT2D eigenvalue weighted by Crippen LogP contribution is 2.37. The minimum Gasteiger partial charge on any atom is -0.467 e. The molecule has 22 heavy (non-hydrogen) atoms. The minimum absolute atomic E-state index is 0.215. The highest BCUT2D eigenvalue weighted by atomic mass is 32.2. The number of amides is 1. The Morgan fingerprint density at radius 2 is 2.05 bits per heavy atom. The Hall–Kier alpha value is -1.34. The van der Waals surface area contributed by atoms with E-state index in [4.69, 9.17) is 4.42 Å². The van der Waals surface area contributed by atoms with E-state index in [9.17, 15) is 13.2 Å². The van der Waals surface area contributed by atoms with Crippen molar-refractivity contribution in [3.8, 4) is 0 Å². The molecular weight excluding hydrogens is 304 g/mol. The normalized spacial score (nSPS) is 19.0. The van der Waals surface area contributed by atoms with Gasteiger partial charge in [0, 0.05) is 0 Å². The molecule has 0 aliphatic heterocycles. The second kappa shape index (κ2) is 6.83. The molecule has 2 N–H and O–H groups in total. The van der Waals surface area contributed by atoms with Crippen LogP contribution in [0.2, 0.25) is 0 Å². The first-order chi connectivity index (χ1) is 10.3. The molecule has 1 aliphatic carbocycles. The first-order valence-corrected chi connectivity index (χ1v) is 9.11. The van der Waals surface area contributed by atoms with Crippen LogP contribution in [0.1, 0.15) is 45.3 Å². The second-order valence-electron chi connectivity index (χ2n) is 6.59. The number of sulfonamides is 1. The van der Waals surface area contributed by atoms with Crippen molar-refractivity contribution in [1.29, 1.82) is 0 Å². The lowest BCUT2D eigenvalue weighted by molar-refractivity contribution is -0.120. The standard InChI is InChI=1S/C15H24N2O4S/c1-15(2)7-5-13(6-8-15)22(19,20)17-11-14(18)16-10-12-4-3-9-21-12/h3-4,9,13,17H,5-8,10-11H2,1-2H3,(H,16,18). The van der Waals surface area contributed by atoms with E-state index in [0.717, 1.165) is 12.8 Å². The highest BCUT2D eigenvalue weighted by molar-refractivity contribution is 7.90. The van der Waals surface area contributed by atoms with Gasteiger partial charge in [-0.15, -0.1) is 0 Å². The van der Waals surface area contributed by atoms with E-state index in [1.807, 2.05) is 0 Å². The highest BCUT2D eigenvalue weighted by Gasteiger charge is 2.34. The lowest BCUT2D eigenvalue weighted by Crippen LogP contribution is -2.42. The zero-order chi connectivity index (χ0) is 16.2. The average molecular weight is 328 g/mol. The molecule has 0 atom stereocenters. The summed E-state index contributed by atoms with van der Waals surface area (Å²) in [5.41, 5.74) is 0.215. The average Bonchev–Trinajstić information content (AvgIpc) is 2.96. The summed E-state index contributed by atoms with van der Waals surface area (Å²) in [6, 6.07) is 3.48. The summed E-state index contributed by atoms with van der Waals surface area (Å²) >= 11 is 0. The van der Waals surface area contributed by atoms with Gasteiger partial charge in [0.1, 0.15) is 5.76 Å². The zero-order valence-electron chi connectivity index (χ0n) is 13.1. The van der Waals surface area contributed by atoms with Crippen molar-refractivity contribution in [1.82, 2.24) is 10.0 Å². The van der Waals surface area contributed by atoms with Crippen LogP contribution >= 0.6 is 0 Å². The Morgan fingerprint density at radius 3 is 2.64 bits per heavy atom. The first-order valence-electron chi connectivity index (χ1n) is 7.56. The largest absolute Gasteiger partial charge is 0.467 e. The van der Waals surface area contributed by atoms with Gasteiger partial charge in [-0.3, -0.25) is 4.79 Å². The number of carbonyl (C=O) groups is 1. The van der Waals surface area contributed by atoms with Crippen molar-refractivity contribution in [2.75, 3.05) is 6.54 Å². The van der Waals surface area contributed by atoms with Gasteiger partial charge in [0.05, 0.1) is 24.6 Å². The molecule has 1 aromatic rings. The summed E-state index contributed by atoms with van der Waals surface area (Å²) in [6.07, 6.45) is 4.61. The fourth-order valence-electron chi connectivity index (χ4n) is 2.63. The molecule has 1 aromatic heterocycles. The number of furan rings is 1. The summed E-state index contributed by atoms with van der Waals surface area (Å²) in [5.74, 6) is 0.266. The van der Waals surface area contributed by atoms with Gasteiger partial charge < -0.3 is 9.73 Å². The third kappa shape index (κ3) is 4.84. The van der Waals surface area contributed by atoms with Gasteiger partial charge in [0.15, 0.2) is 0 Å². The van der Waals surface area contributed by atoms with E-state index in [1.54, 1.807) is 12.1 Å². The van der Waals surface area contributed by atoms with Crippen molar-refractivity contribution >= 4 is 15.9 Å². The van der Waals surface area contributed by atoms with Gasteiger partial charge in [-0.05, 0) is 43.2 Å². The maximum atomic E-state index is 12.2. The van der Waals surface area contributed by atoms with E-state index in [0.29, 0.717) is 18.6 Å². The number of carbonyl (C=O) groups excluding carboxylic acids is 1. The first kappa shape index (κ1) is 17.0. The van der Waals surface area contributed by atoms with E-state index in [1.165, 1.54) is 6.26 Å². The number of nitrogens with one attached hydrogen (secondary N) is 2. The van der Waals surface area contributed by atoms with Crippen LogP contribution in [-0.2, 0) is 21.4 Å². The Morgan fingerprint density at radius 1 is 1.36 bits per heavy atom. The van der Waals surface area contributed by atoms with Crippen LogP contribution in [0.3, 0.4) is 0 Å². The van der Waals surface area contributed by atoms with Crippen LogP contribution < -0.4 is 10.0 Å². The molecule has 1 heterocycles. The predicted octanol–water partition coefficient (Wildman–Crippen LogP) is 1.78. The van der Waals surface area contributed by atoms with Crippen LogP contribution in [0.4, 0.5) is 0 Å². The molecular formula is C15H24N2O4S. The molecule has 0 spiro atoms. The molecule has 0 unspecified atom stereocenters. The summed E-state index contributed by atoms with van der Waals surface area (Å²) < 4.78 is 32.0. The third-order valence-corrected chi connectivity index (χ3v) is 6.09. The Kier molecular flexibility index (Phi) is 5.28. The van der Waals surface area contributed by atoms with Crippen molar-refractivity contribution < 1.29 is 17.6 Å². The Labute approximate surface area is 131 Å². The monoisotopic (exact) mass is 328 g/mol. The van der Waals surface area contributed by atoms with E-state index in [2.05, 4.69) is 23.9 Å². The van der Waals surface area contributed by atoms with E-state index < -0.39 is 15.3 Å². The Bertz CT molecular complexity index is 583. The SMILES string of the molecule is CC1(C)CCC(S(=O)(=O)NCC(=O)NCc2ccco2)CC1. The fourth-order valence-corrected chi connectivity index (χ4v) is 4.05. The molecule has 0 aromatic carbocycles. The molecule has 0 saturated heterocycles. The van der Waals surface area contributed by atoms with Crippen LogP contribution in [0, 0.1) is 5.41 Å². The molecule has 6 nitrogen and oxygen atoms in total. The predicted molar refractivity (Wildman–Crippen MR) is 83.5 cm³/mol. The van der Waals surface area contributed by atoms with Crippen molar-refractivity contribution in [2.24, 2.45) is 5.41 Å². The molecule has 124 valence electrons. The maximum Gasteiger partial charge on any atom is 0.235 e. The van der Waals surface area contributed by atoms with Gasteiger partial charge in [-0.25, -0.2) is 13.1 Å². The summed E-state index contributed by atoms with van der Waals surface area (Å²) in [4.78, 5) is 11.7. The van der Waals surface area contributed by atoms with Gasteiger partial charge in [-0.1, -0.05) is 13.8 Å². The Balaban J connectivity index is 1.76. The molecule has 1 fully saturated rings. The van der Waals surface area contributed by atoms with Crippen molar-refractivity contribution in [2.45, 2.75) is 51.3 Å². The van der Waals surface area contributed by atoms with Gasteiger partial charge in [0.2, 0.25) is 15.9 Å². The van der Waals surface area contributed by atoms with Gasteiger partial charge in [0.25, 0.3) is 0 Å². The van der Waals surface area contributed by atoms with Gasteiger partial charge in [-0.2, -0.15) is 0 Å². The molecule has 7 heteroatoms. The summed E-state index contributed by atoms with van der Waals surface area (Å²) in [7, 11) is -3.43. The van der Waals surface area contributed by atoms with Crippen LogP contribution in [0.25, 0.3) is 0 Å². The third-order valence-electron chi connectivity index (χ3n) is 4.20.